The summed E-state index contributed by atoms with van der Waals surface area (Å²) >= 11 is 1.79. The monoisotopic (exact) mass is 218 g/mol. The summed E-state index contributed by atoms with van der Waals surface area (Å²) in [6, 6.07) is 6.00. The average Bonchev–Trinajstić information content (AvgIpc) is 2.86. The molecule has 1 aromatic carbocycles. The summed E-state index contributed by atoms with van der Waals surface area (Å²) in [6.45, 7) is 0. The molecule has 1 aliphatic rings. The first-order chi connectivity index (χ1) is 7.34. The molecule has 3 rings (SSSR count). The van der Waals surface area contributed by atoms with Crippen LogP contribution in [0.5, 0.6) is 0 Å². The van der Waals surface area contributed by atoms with Crippen molar-refractivity contribution < 1.29 is 0 Å². The Balaban J connectivity index is 2.09. The predicted octanol–water partition coefficient (Wildman–Crippen LogP) is 3.54. The van der Waals surface area contributed by atoms with Crippen LogP contribution in [0.4, 0.5) is 5.69 Å². The second kappa shape index (κ2) is 3.49. The minimum absolute atomic E-state index is 0.696. The van der Waals surface area contributed by atoms with Crippen LogP contribution >= 0.6 is 11.3 Å². The molecule has 0 amide bonds. The largest absolute Gasteiger partial charge is 0.398 e. The molecule has 0 unspecified atom stereocenters. The van der Waals surface area contributed by atoms with Gasteiger partial charge in [-0.2, -0.15) is 0 Å². The number of fused-ring (bicyclic) bond motifs is 1. The maximum Gasteiger partial charge on any atom is 0.0970 e. The van der Waals surface area contributed by atoms with E-state index >= 15 is 0 Å². The van der Waals surface area contributed by atoms with Crippen molar-refractivity contribution in [2.45, 2.75) is 31.6 Å². The first kappa shape index (κ1) is 9.16. The molecule has 0 aliphatic heterocycles. The lowest BCUT2D eigenvalue weighted by Crippen LogP contribution is -1.89. The van der Waals surface area contributed by atoms with E-state index in [1.807, 2.05) is 12.1 Å². The van der Waals surface area contributed by atoms with Crippen LogP contribution in [0.15, 0.2) is 18.2 Å². The van der Waals surface area contributed by atoms with Gasteiger partial charge in [-0.1, -0.05) is 18.9 Å². The number of nitrogen functional groups attached to an aromatic ring is 1. The molecule has 0 saturated heterocycles. The number of hydrogen-bond acceptors (Lipinski definition) is 3. The SMILES string of the molecule is Nc1cccc2nc(C3CCCC3)sc12. The van der Waals surface area contributed by atoms with Gasteiger partial charge in [0.2, 0.25) is 0 Å². The smallest absolute Gasteiger partial charge is 0.0970 e. The van der Waals surface area contributed by atoms with Crippen molar-refractivity contribution in [2.24, 2.45) is 0 Å². The Bertz CT molecular complexity index is 483. The summed E-state index contributed by atoms with van der Waals surface area (Å²) in [5, 5.41) is 1.29. The predicted molar refractivity (Wildman–Crippen MR) is 65.2 cm³/mol. The van der Waals surface area contributed by atoms with Gasteiger partial charge in [0.1, 0.15) is 0 Å². The minimum Gasteiger partial charge on any atom is -0.398 e. The van der Waals surface area contributed by atoms with Gasteiger partial charge in [-0.25, -0.2) is 4.98 Å². The second-order valence-corrected chi connectivity index (χ2v) is 5.26. The Morgan fingerprint density at radius 3 is 2.80 bits per heavy atom. The normalized spacial score (nSPS) is 17.6. The fraction of sp³-hybridized carbons (Fsp3) is 0.417. The maximum atomic E-state index is 5.94. The van der Waals surface area contributed by atoms with Gasteiger partial charge >= 0.3 is 0 Å². The Labute approximate surface area is 93.1 Å². The maximum absolute atomic E-state index is 5.94. The first-order valence-corrected chi connectivity index (χ1v) is 6.31. The van der Waals surface area contributed by atoms with E-state index in [0.29, 0.717) is 5.92 Å². The number of thiazole rings is 1. The third kappa shape index (κ3) is 1.51. The van der Waals surface area contributed by atoms with Gasteiger partial charge in [0.25, 0.3) is 0 Å². The van der Waals surface area contributed by atoms with Crippen molar-refractivity contribution in [3.05, 3.63) is 23.2 Å². The van der Waals surface area contributed by atoms with Crippen LogP contribution in [0.25, 0.3) is 10.2 Å². The van der Waals surface area contributed by atoms with Crippen molar-refractivity contribution in [3.8, 4) is 0 Å². The highest BCUT2D eigenvalue weighted by atomic mass is 32.1. The van der Waals surface area contributed by atoms with E-state index in [-0.39, 0.29) is 0 Å². The van der Waals surface area contributed by atoms with Crippen molar-refractivity contribution in [3.63, 3.8) is 0 Å². The van der Waals surface area contributed by atoms with Gasteiger partial charge in [0.05, 0.1) is 20.9 Å². The molecule has 1 heterocycles. The fourth-order valence-electron chi connectivity index (χ4n) is 2.33. The molecule has 78 valence electrons. The number of hydrogen-bond donors (Lipinski definition) is 1. The molecular formula is C12H14N2S. The molecule has 1 saturated carbocycles. The summed E-state index contributed by atoms with van der Waals surface area (Å²) in [7, 11) is 0. The number of benzene rings is 1. The van der Waals surface area contributed by atoms with E-state index in [4.69, 9.17) is 10.7 Å². The molecule has 2 nitrogen and oxygen atoms in total. The van der Waals surface area contributed by atoms with E-state index in [9.17, 15) is 0 Å². The molecule has 0 bridgehead atoms. The van der Waals surface area contributed by atoms with Gasteiger partial charge < -0.3 is 5.73 Å². The molecule has 1 aliphatic carbocycles. The molecule has 3 heteroatoms. The van der Waals surface area contributed by atoms with Crippen molar-refractivity contribution in [1.82, 2.24) is 4.98 Å². The topological polar surface area (TPSA) is 38.9 Å². The minimum atomic E-state index is 0.696. The molecule has 0 radical (unpaired) electrons. The number of nitrogens with zero attached hydrogens (tertiary/aromatic N) is 1. The Hall–Kier alpha value is -1.09. The highest BCUT2D eigenvalue weighted by molar-refractivity contribution is 7.19. The quantitative estimate of drug-likeness (QED) is 0.744. The molecular weight excluding hydrogens is 204 g/mol. The number of aromatic nitrogens is 1. The molecule has 2 N–H and O–H groups in total. The molecule has 0 spiro atoms. The van der Waals surface area contributed by atoms with Crippen LogP contribution in [-0.2, 0) is 0 Å². The van der Waals surface area contributed by atoms with Crippen LogP contribution in [0.3, 0.4) is 0 Å². The third-order valence-electron chi connectivity index (χ3n) is 3.17. The van der Waals surface area contributed by atoms with E-state index in [2.05, 4.69) is 6.07 Å². The summed E-state index contributed by atoms with van der Waals surface area (Å²) in [6.07, 6.45) is 5.33. The Morgan fingerprint density at radius 1 is 1.27 bits per heavy atom. The van der Waals surface area contributed by atoms with Gasteiger partial charge in [-0.15, -0.1) is 11.3 Å². The molecule has 2 aromatic rings. The summed E-state index contributed by atoms with van der Waals surface area (Å²) < 4.78 is 1.17. The van der Waals surface area contributed by atoms with E-state index in [1.54, 1.807) is 11.3 Å². The average molecular weight is 218 g/mol. The van der Waals surface area contributed by atoms with E-state index < -0.39 is 0 Å². The summed E-state index contributed by atoms with van der Waals surface area (Å²) in [5.74, 6) is 0.696. The molecule has 15 heavy (non-hydrogen) atoms. The van der Waals surface area contributed by atoms with Gasteiger partial charge in [-0.05, 0) is 25.0 Å². The van der Waals surface area contributed by atoms with Crippen LogP contribution in [0.1, 0.15) is 36.6 Å². The second-order valence-electron chi connectivity index (χ2n) is 4.23. The standard InChI is InChI=1S/C12H14N2S/c13-9-6-3-7-10-11(9)15-12(14-10)8-4-1-2-5-8/h3,6-8H,1-2,4-5,13H2. The summed E-state index contributed by atoms with van der Waals surface area (Å²) in [4.78, 5) is 4.69. The van der Waals surface area contributed by atoms with Gasteiger partial charge in [0.15, 0.2) is 0 Å². The van der Waals surface area contributed by atoms with Crippen molar-refractivity contribution in [2.75, 3.05) is 5.73 Å². The number of nitrogens with two attached hydrogens (primary N) is 1. The molecule has 1 aromatic heterocycles. The number of rotatable bonds is 1. The highest BCUT2D eigenvalue weighted by Crippen LogP contribution is 2.39. The van der Waals surface area contributed by atoms with Crippen molar-refractivity contribution >= 4 is 27.2 Å². The zero-order valence-electron chi connectivity index (χ0n) is 8.57. The lowest BCUT2D eigenvalue weighted by molar-refractivity contribution is 0.718. The van der Waals surface area contributed by atoms with Crippen molar-refractivity contribution in [1.29, 1.82) is 0 Å². The van der Waals surface area contributed by atoms with E-state index in [0.717, 1.165) is 11.2 Å². The van der Waals surface area contributed by atoms with Gasteiger partial charge in [-0.3, -0.25) is 0 Å². The Kier molecular flexibility index (Phi) is 2.13. The lowest BCUT2D eigenvalue weighted by Gasteiger charge is -2.01. The molecule has 0 atom stereocenters. The van der Waals surface area contributed by atoms with Gasteiger partial charge in [0, 0.05) is 5.92 Å². The summed E-state index contributed by atoms with van der Waals surface area (Å²) in [5.41, 5.74) is 7.88. The third-order valence-corrected chi connectivity index (χ3v) is 4.45. The lowest BCUT2D eigenvalue weighted by atomic mass is 10.1. The van der Waals surface area contributed by atoms with Crippen LogP contribution in [0.2, 0.25) is 0 Å². The zero-order valence-corrected chi connectivity index (χ0v) is 9.39. The van der Waals surface area contributed by atoms with Crippen LogP contribution in [-0.4, -0.2) is 4.98 Å². The highest BCUT2D eigenvalue weighted by Gasteiger charge is 2.20. The zero-order chi connectivity index (χ0) is 10.3. The molecule has 1 fully saturated rings. The number of anilines is 1. The van der Waals surface area contributed by atoms with Crippen LogP contribution < -0.4 is 5.73 Å². The fourth-order valence-corrected chi connectivity index (χ4v) is 3.49. The Morgan fingerprint density at radius 2 is 2.07 bits per heavy atom. The van der Waals surface area contributed by atoms with Crippen LogP contribution in [0, 0.1) is 0 Å². The first-order valence-electron chi connectivity index (χ1n) is 5.49. The van der Waals surface area contributed by atoms with E-state index in [1.165, 1.54) is 35.4 Å².